The Bertz CT molecular complexity index is 20.5. The molecule has 1 rings (SSSR count). The molecule has 0 N–H and O–H groups in total. The Labute approximate surface area is 79.5 Å². The highest BCUT2D eigenvalue weighted by Crippen LogP contribution is 2.02. The number of hydrogen-bond donors (Lipinski definition) is 0. The van der Waals surface area contributed by atoms with Crippen molar-refractivity contribution in [1.29, 1.82) is 0 Å². The Morgan fingerprint density at radius 3 is 1.00 bits per heavy atom. The molecule has 1 fully saturated rings. The molecule has 0 spiro atoms. The van der Waals surface area contributed by atoms with E-state index in [-0.39, 0.29) is 0 Å². The molecule has 1 aliphatic heterocycles. The van der Waals surface area contributed by atoms with Gasteiger partial charge in [0.2, 0.25) is 0 Å². The molecule has 0 saturated carbocycles. The van der Waals surface area contributed by atoms with Gasteiger partial charge in [0, 0.05) is 13.2 Å². The van der Waals surface area contributed by atoms with Crippen molar-refractivity contribution >= 4 is 0 Å². The van der Waals surface area contributed by atoms with Crippen molar-refractivity contribution in [3.63, 3.8) is 0 Å². The van der Waals surface area contributed by atoms with Crippen molar-refractivity contribution in [2.45, 2.75) is 60.8 Å². The monoisotopic (exact) mass is 176 g/mol. The summed E-state index contributed by atoms with van der Waals surface area (Å²) in [5, 5.41) is 0. The lowest BCUT2D eigenvalue weighted by molar-refractivity contribution is 0.0968. The smallest absolute Gasteiger partial charge is 0.0466 e. The van der Waals surface area contributed by atoms with Crippen LogP contribution in [0.3, 0.4) is 0 Å². The zero-order valence-electron chi connectivity index (χ0n) is 9.94. The lowest BCUT2D eigenvalue weighted by Crippen LogP contribution is -2.03. The van der Waals surface area contributed by atoms with Gasteiger partial charge >= 0.3 is 0 Å². The highest BCUT2D eigenvalue weighted by molar-refractivity contribution is 4.45. The number of rotatable bonds is 0. The van der Waals surface area contributed by atoms with Gasteiger partial charge in [-0.1, -0.05) is 41.5 Å². The van der Waals surface area contributed by atoms with E-state index in [0.29, 0.717) is 0 Å². The molecule has 0 aromatic rings. The van der Waals surface area contributed by atoms with Gasteiger partial charge in [-0.3, -0.25) is 0 Å². The molecule has 1 saturated heterocycles. The molecule has 12 heavy (non-hydrogen) atoms. The second-order valence-corrected chi connectivity index (χ2v) is 1.67. The zero-order chi connectivity index (χ0) is 10.2. The van der Waals surface area contributed by atoms with Crippen LogP contribution >= 0.6 is 0 Å². The Morgan fingerprint density at radius 2 is 0.917 bits per heavy atom. The molecule has 0 unspecified atom stereocenters. The van der Waals surface area contributed by atoms with Gasteiger partial charge in [0.1, 0.15) is 0 Å². The molecule has 1 aliphatic rings. The minimum atomic E-state index is 1.00. The topological polar surface area (TPSA) is 9.23 Å². The van der Waals surface area contributed by atoms with E-state index in [0.717, 1.165) is 13.2 Å². The first-order valence-electron chi connectivity index (χ1n) is 5.58. The predicted molar refractivity (Wildman–Crippen MR) is 58.7 cm³/mol. The fourth-order valence-corrected chi connectivity index (χ4v) is 0.687. The van der Waals surface area contributed by atoms with Crippen LogP contribution in [0.4, 0.5) is 0 Å². The second-order valence-electron chi connectivity index (χ2n) is 1.67. The average molecular weight is 176 g/mol. The maximum Gasteiger partial charge on any atom is 0.0466 e. The lowest BCUT2D eigenvalue weighted by Gasteiger charge is -2.08. The van der Waals surface area contributed by atoms with E-state index < -0.39 is 0 Å². The average Bonchev–Trinajstić information content (AvgIpc) is 2.29. The Hall–Kier alpha value is -0.0400. The van der Waals surface area contributed by atoms with Gasteiger partial charge in [-0.2, -0.15) is 0 Å². The maximum absolute atomic E-state index is 5.07. The molecule has 0 bridgehead atoms. The molecule has 0 aromatic carbocycles. The summed E-state index contributed by atoms with van der Waals surface area (Å²) < 4.78 is 5.07. The predicted octanol–water partition coefficient (Wildman–Crippen LogP) is 4.27. The fourth-order valence-electron chi connectivity index (χ4n) is 0.687. The minimum Gasteiger partial charge on any atom is -0.381 e. The Balaban J connectivity index is -0.000000117. The maximum atomic E-state index is 5.07. The van der Waals surface area contributed by atoms with Gasteiger partial charge in [-0.05, 0) is 19.3 Å². The summed E-state index contributed by atoms with van der Waals surface area (Å²) in [6, 6.07) is 0. The van der Waals surface area contributed by atoms with Crippen molar-refractivity contribution in [1.82, 2.24) is 0 Å². The van der Waals surface area contributed by atoms with Gasteiger partial charge in [-0.15, -0.1) is 0 Å². The normalized spacial score (nSPS) is 13.5. The van der Waals surface area contributed by atoms with E-state index in [1.54, 1.807) is 0 Å². The zero-order valence-corrected chi connectivity index (χ0v) is 9.94. The van der Waals surface area contributed by atoms with E-state index in [4.69, 9.17) is 4.74 Å². The van der Waals surface area contributed by atoms with Gasteiger partial charge in [0.25, 0.3) is 0 Å². The molecular weight excluding hydrogens is 148 g/mol. The first-order valence-corrected chi connectivity index (χ1v) is 5.58. The molecule has 78 valence electrons. The van der Waals surface area contributed by atoms with Gasteiger partial charge in [0.05, 0.1) is 0 Å². The van der Waals surface area contributed by atoms with Crippen LogP contribution in [0.1, 0.15) is 60.8 Å². The van der Waals surface area contributed by atoms with Gasteiger partial charge in [0.15, 0.2) is 0 Å². The van der Waals surface area contributed by atoms with Crippen molar-refractivity contribution in [2.75, 3.05) is 13.2 Å². The van der Waals surface area contributed by atoms with Crippen LogP contribution in [0.2, 0.25) is 0 Å². The summed E-state index contributed by atoms with van der Waals surface area (Å²) in [7, 11) is 0. The molecule has 0 atom stereocenters. The van der Waals surface area contributed by atoms with Crippen LogP contribution in [0.25, 0.3) is 0 Å². The fraction of sp³-hybridized carbons (Fsp3) is 1.00. The van der Waals surface area contributed by atoms with Crippen molar-refractivity contribution in [2.24, 2.45) is 0 Å². The van der Waals surface area contributed by atoms with Gasteiger partial charge < -0.3 is 4.74 Å². The highest BCUT2D eigenvalue weighted by Gasteiger charge is 1.94. The largest absolute Gasteiger partial charge is 0.381 e. The van der Waals surface area contributed by atoms with Crippen LogP contribution in [0, 0.1) is 0 Å². The summed E-state index contributed by atoms with van der Waals surface area (Å²) in [6.07, 6.45) is 3.93. The SMILES string of the molecule is C1CCOCC1.CC.CC.CC. The van der Waals surface area contributed by atoms with Crippen LogP contribution < -0.4 is 0 Å². The molecule has 1 heterocycles. The number of hydrogen-bond acceptors (Lipinski definition) is 1. The summed E-state index contributed by atoms with van der Waals surface area (Å²) in [6.45, 7) is 14.0. The first kappa shape index (κ1) is 17.9. The van der Waals surface area contributed by atoms with Crippen molar-refractivity contribution < 1.29 is 4.74 Å². The van der Waals surface area contributed by atoms with E-state index in [1.165, 1.54) is 19.3 Å². The summed E-state index contributed by atoms with van der Waals surface area (Å²) >= 11 is 0. The van der Waals surface area contributed by atoms with Crippen LogP contribution in [-0.4, -0.2) is 13.2 Å². The quantitative estimate of drug-likeness (QED) is 0.535. The molecular formula is C11H28O. The standard InChI is InChI=1S/C5H10O.3C2H6/c1-2-4-6-5-3-1;3*1-2/h1-5H2;3*1-2H3. The van der Waals surface area contributed by atoms with Crippen LogP contribution in [0.15, 0.2) is 0 Å². The summed E-state index contributed by atoms with van der Waals surface area (Å²) in [5.41, 5.74) is 0. The second kappa shape index (κ2) is 30.6. The van der Waals surface area contributed by atoms with Crippen molar-refractivity contribution in [3.05, 3.63) is 0 Å². The Morgan fingerprint density at radius 1 is 0.583 bits per heavy atom. The van der Waals surface area contributed by atoms with Gasteiger partial charge in [-0.25, -0.2) is 0 Å². The van der Waals surface area contributed by atoms with E-state index in [9.17, 15) is 0 Å². The Kier molecular flexibility index (Phi) is 45.6. The van der Waals surface area contributed by atoms with E-state index >= 15 is 0 Å². The molecule has 1 nitrogen and oxygen atoms in total. The summed E-state index contributed by atoms with van der Waals surface area (Å²) in [5.74, 6) is 0. The third-order valence-electron chi connectivity index (χ3n) is 1.08. The minimum absolute atomic E-state index is 1.00. The first-order chi connectivity index (χ1) is 6.00. The molecule has 0 aliphatic carbocycles. The third-order valence-corrected chi connectivity index (χ3v) is 1.08. The molecule has 1 heteroatoms. The van der Waals surface area contributed by atoms with E-state index in [2.05, 4.69) is 0 Å². The van der Waals surface area contributed by atoms with Crippen molar-refractivity contribution in [3.8, 4) is 0 Å². The molecule has 0 aromatic heterocycles. The molecule has 0 amide bonds. The summed E-state index contributed by atoms with van der Waals surface area (Å²) in [4.78, 5) is 0. The lowest BCUT2D eigenvalue weighted by atomic mass is 10.2. The third kappa shape index (κ3) is 22.5. The molecule has 0 radical (unpaired) electrons. The van der Waals surface area contributed by atoms with Crippen LogP contribution in [-0.2, 0) is 4.74 Å². The van der Waals surface area contributed by atoms with E-state index in [1.807, 2.05) is 41.5 Å². The number of ether oxygens (including phenoxy) is 1. The van der Waals surface area contributed by atoms with Crippen LogP contribution in [0.5, 0.6) is 0 Å². The highest BCUT2D eigenvalue weighted by atomic mass is 16.5.